The topological polar surface area (TPSA) is 190 Å². The summed E-state index contributed by atoms with van der Waals surface area (Å²) in [5.74, 6) is -2.84. The second-order valence-corrected chi connectivity index (χ2v) is 5.35. The van der Waals surface area contributed by atoms with Gasteiger partial charge in [-0.15, -0.1) is 0 Å². The van der Waals surface area contributed by atoms with Crippen molar-refractivity contribution in [3.63, 3.8) is 0 Å². The molecule has 0 aliphatic rings. The van der Waals surface area contributed by atoms with Crippen LogP contribution in [0.3, 0.4) is 0 Å². The summed E-state index contributed by atoms with van der Waals surface area (Å²) < 4.78 is 22.7. The van der Waals surface area contributed by atoms with Crippen molar-refractivity contribution in [1.29, 1.82) is 5.41 Å². The Morgan fingerprint density at radius 2 is 1.70 bits per heavy atom. The third-order valence-corrected chi connectivity index (χ3v) is 3.34. The predicted octanol–water partition coefficient (Wildman–Crippen LogP) is -0.708. The monoisotopic (exact) mass is 304 g/mol. The van der Waals surface area contributed by atoms with E-state index in [9.17, 15) is 23.3 Å². The molecule has 11 heteroatoms. The fourth-order valence-corrected chi connectivity index (χ4v) is 2.06. The molecule has 0 spiro atoms. The molecule has 0 unspecified atom stereocenters. The lowest BCUT2D eigenvalue weighted by atomic mass is 10.3. The van der Waals surface area contributed by atoms with Crippen LogP contribution in [0.15, 0.2) is 29.2 Å². The van der Waals surface area contributed by atoms with Crippen LogP contribution in [0.2, 0.25) is 0 Å². The molecule has 0 radical (unpaired) electrons. The summed E-state index contributed by atoms with van der Waals surface area (Å²) in [4.78, 5) is 19.7. The number of hydrogen-bond acceptors (Lipinski definition) is 6. The summed E-state index contributed by atoms with van der Waals surface area (Å²) in [5.41, 5.74) is 8.69. The van der Waals surface area contributed by atoms with Crippen molar-refractivity contribution in [2.75, 3.05) is 5.75 Å². The minimum Gasteiger partial charge on any atom is -0.480 e. The van der Waals surface area contributed by atoms with E-state index >= 15 is 0 Å². The first-order valence-electron chi connectivity index (χ1n) is 4.84. The summed E-state index contributed by atoms with van der Waals surface area (Å²) >= 11 is 0. The fourth-order valence-electron chi connectivity index (χ4n) is 1.02. The van der Waals surface area contributed by atoms with Gasteiger partial charge in [0.2, 0.25) is 0 Å². The van der Waals surface area contributed by atoms with Gasteiger partial charge in [-0.3, -0.25) is 20.3 Å². The zero-order valence-electron chi connectivity index (χ0n) is 10.0. The standard InChI is InChI=1S/C8H7NO6S.CH5N3/c10-8(11)5-16(14,15)7-3-1-6(2-4-7)9(12)13;2-1(3)4/h1-4H,5H2,(H,10,11);(H5,2,3,4). The van der Waals surface area contributed by atoms with Gasteiger partial charge in [0.05, 0.1) is 9.82 Å². The normalized spacial score (nSPS) is 10.0. The molecular formula is C9H12N4O6S. The number of nitro benzene ring substituents is 1. The largest absolute Gasteiger partial charge is 0.480 e. The van der Waals surface area contributed by atoms with Gasteiger partial charge in [0.25, 0.3) is 5.69 Å². The van der Waals surface area contributed by atoms with Crippen molar-refractivity contribution in [3.05, 3.63) is 34.4 Å². The lowest BCUT2D eigenvalue weighted by molar-refractivity contribution is -0.384. The molecule has 1 rings (SSSR count). The number of carboxylic acid groups (broad SMARTS) is 1. The highest BCUT2D eigenvalue weighted by atomic mass is 32.2. The molecule has 0 atom stereocenters. The van der Waals surface area contributed by atoms with E-state index in [1.54, 1.807) is 0 Å². The summed E-state index contributed by atoms with van der Waals surface area (Å²) in [7, 11) is -3.92. The van der Waals surface area contributed by atoms with Gasteiger partial charge in [-0.1, -0.05) is 0 Å². The molecule has 0 saturated heterocycles. The Labute approximate surface area is 113 Å². The zero-order chi connectivity index (χ0) is 15.9. The van der Waals surface area contributed by atoms with Crippen LogP contribution in [0.1, 0.15) is 0 Å². The first-order chi connectivity index (χ1) is 9.06. The number of nitrogens with two attached hydrogens (primary N) is 2. The number of sulfone groups is 1. The van der Waals surface area contributed by atoms with E-state index in [0.717, 1.165) is 24.3 Å². The molecule has 20 heavy (non-hydrogen) atoms. The van der Waals surface area contributed by atoms with Gasteiger partial charge in [-0.2, -0.15) is 0 Å². The SMILES string of the molecule is N=C(N)N.O=C(O)CS(=O)(=O)c1ccc([N+](=O)[O-])cc1. The minimum absolute atomic E-state index is 0.250. The van der Waals surface area contributed by atoms with Crippen LogP contribution >= 0.6 is 0 Å². The molecule has 110 valence electrons. The Morgan fingerprint density at radius 1 is 1.30 bits per heavy atom. The fraction of sp³-hybridized carbons (Fsp3) is 0.111. The van der Waals surface area contributed by atoms with Crippen LogP contribution in [-0.4, -0.2) is 36.1 Å². The Hall–Kier alpha value is -2.69. The predicted molar refractivity (Wildman–Crippen MR) is 68.9 cm³/mol. The van der Waals surface area contributed by atoms with E-state index in [4.69, 9.17) is 10.5 Å². The second kappa shape index (κ2) is 7.04. The van der Waals surface area contributed by atoms with E-state index in [-0.39, 0.29) is 16.5 Å². The summed E-state index contributed by atoms with van der Waals surface area (Å²) in [6.07, 6.45) is 0. The van der Waals surface area contributed by atoms with Gasteiger partial charge in [0.15, 0.2) is 21.5 Å². The molecule has 0 fully saturated rings. The van der Waals surface area contributed by atoms with Crippen LogP contribution in [0, 0.1) is 15.5 Å². The van der Waals surface area contributed by atoms with Gasteiger partial charge >= 0.3 is 5.97 Å². The molecular weight excluding hydrogens is 292 g/mol. The van der Waals surface area contributed by atoms with Crippen LogP contribution in [0.4, 0.5) is 5.69 Å². The van der Waals surface area contributed by atoms with Crippen LogP contribution in [-0.2, 0) is 14.6 Å². The number of carbonyl (C=O) groups is 1. The van der Waals surface area contributed by atoms with Crippen LogP contribution < -0.4 is 11.5 Å². The van der Waals surface area contributed by atoms with Gasteiger partial charge in [0.1, 0.15) is 0 Å². The number of hydrogen-bond donors (Lipinski definition) is 4. The first-order valence-corrected chi connectivity index (χ1v) is 6.50. The number of non-ortho nitro benzene ring substituents is 1. The van der Waals surface area contributed by atoms with Gasteiger partial charge < -0.3 is 16.6 Å². The third-order valence-electron chi connectivity index (χ3n) is 1.72. The first kappa shape index (κ1) is 17.3. The average Bonchev–Trinajstić information content (AvgIpc) is 2.26. The molecule has 0 heterocycles. The van der Waals surface area contributed by atoms with Crippen LogP contribution in [0.25, 0.3) is 0 Å². The Kier molecular flexibility index (Phi) is 6.09. The summed E-state index contributed by atoms with van der Waals surface area (Å²) in [6.45, 7) is 0. The third kappa shape index (κ3) is 6.30. The molecule has 0 aliphatic carbocycles. The summed E-state index contributed by atoms with van der Waals surface area (Å²) in [6, 6.07) is 4.04. The number of nitro groups is 1. The lowest BCUT2D eigenvalue weighted by Gasteiger charge is -2.00. The second-order valence-electron chi connectivity index (χ2n) is 3.36. The molecule has 1 aromatic rings. The highest BCUT2D eigenvalue weighted by Crippen LogP contribution is 2.16. The van der Waals surface area contributed by atoms with Gasteiger partial charge in [0, 0.05) is 12.1 Å². The molecule has 0 amide bonds. The smallest absolute Gasteiger partial charge is 0.319 e. The molecule has 0 saturated carbocycles. The summed E-state index contributed by atoms with van der Waals surface area (Å²) in [5, 5.41) is 24.7. The highest BCUT2D eigenvalue weighted by Gasteiger charge is 2.19. The number of nitrogens with one attached hydrogen (secondary N) is 1. The maximum atomic E-state index is 11.4. The molecule has 0 aliphatic heterocycles. The number of rotatable bonds is 4. The van der Waals surface area contributed by atoms with E-state index in [1.165, 1.54) is 0 Å². The Balaban J connectivity index is 0.000000796. The molecule has 6 N–H and O–H groups in total. The van der Waals surface area contributed by atoms with Crippen molar-refractivity contribution in [2.24, 2.45) is 11.5 Å². The maximum absolute atomic E-state index is 11.4. The average molecular weight is 304 g/mol. The molecule has 0 bridgehead atoms. The van der Waals surface area contributed by atoms with E-state index in [0.29, 0.717) is 0 Å². The molecule has 0 aromatic heterocycles. The Bertz CT molecular complexity index is 606. The number of benzene rings is 1. The molecule has 1 aromatic carbocycles. The number of nitrogens with zero attached hydrogens (tertiary/aromatic N) is 1. The molecule has 10 nitrogen and oxygen atoms in total. The number of carboxylic acids is 1. The number of aliphatic carboxylic acids is 1. The zero-order valence-corrected chi connectivity index (χ0v) is 10.8. The van der Waals surface area contributed by atoms with E-state index in [1.807, 2.05) is 0 Å². The highest BCUT2D eigenvalue weighted by molar-refractivity contribution is 7.92. The van der Waals surface area contributed by atoms with E-state index < -0.39 is 26.5 Å². The van der Waals surface area contributed by atoms with Crippen molar-refractivity contribution in [2.45, 2.75) is 4.90 Å². The van der Waals surface area contributed by atoms with Gasteiger partial charge in [-0.25, -0.2) is 8.42 Å². The van der Waals surface area contributed by atoms with Crippen molar-refractivity contribution >= 4 is 27.5 Å². The van der Waals surface area contributed by atoms with Gasteiger partial charge in [-0.05, 0) is 12.1 Å². The number of guanidine groups is 1. The Morgan fingerprint density at radius 3 is 2.00 bits per heavy atom. The van der Waals surface area contributed by atoms with Crippen molar-refractivity contribution in [1.82, 2.24) is 0 Å². The quantitative estimate of drug-likeness (QED) is 0.242. The lowest BCUT2D eigenvalue weighted by Crippen LogP contribution is -2.20. The van der Waals surface area contributed by atoms with Crippen LogP contribution in [0.5, 0.6) is 0 Å². The minimum atomic E-state index is -3.92. The van der Waals surface area contributed by atoms with E-state index in [2.05, 4.69) is 11.5 Å². The van der Waals surface area contributed by atoms with Crippen molar-refractivity contribution in [3.8, 4) is 0 Å². The maximum Gasteiger partial charge on any atom is 0.319 e. The van der Waals surface area contributed by atoms with Crippen molar-refractivity contribution < 1.29 is 23.2 Å².